The first-order valence-electron chi connectivity index (χ1n) is 8.75. The zero-order chi connectivity index (χ0) is 19.5. The highest BCUT2D eigenvalue weighted by molar-refractivity contribution is 7.98. The van der Waals surface area contributed by atoms with Crippen LogP contribution in [0.3, 0.4) is 0 Å². The van der Waals surface area contributed by atoms with Crippen LogP contribution in [0.2, 0.25) is 0 Å². The second-order valence-corrected chi connectivity index (χ2v) is 7.10. The number of aromatic nitrogens is 2. The highest BCUT2D eigenvalue weighted by Crippen LogP contribution is 2.30. The molecule has 3 nitrogen and oxygen atoms in total. The molecule has 3 aromatic carbocycles. The van der Waals surface area contributed by atoms with Gasteiger partial charge in [0, 0.05) is 10.5 Å². The molecule has 28 heavy (non-hydrogen) atoms. The van der Waals surface area contributed by atoms with E-state index in [-0.39, 0.29) is 11.4 Å². The fourth-order valence-corrected chi connectivity index (χ4v) is 3.50. The first-order chi connectivity index (χ1) is 13.7. The van der Waals surface area contributed by atoms with Crippen molar-refractivity contribution in [2.45, 2.75) is 4.90 Å². The monoisotopic (exact) mass is 388 g/mol. The molecule has 0 atom stereocenters. The minimum absolute atomic E-state index is 0.246. The maximum absolute atomic E-state index is 13.5. The third-order valence-electron chi connectivity index (χ3n) is 4.51. The van der Waals surface area contributed by atoms with Gasteiger partial charge in [0.15, 0.2) is 0 Å². The molecular formula is C23H17FN2OS. The number of nitrogens with zero attached hydrogens (tertiary/aromatic N) is 2. The molecule has 1 aromatic heterocycles. The van der Waals surface area contributed by atoms with Crippen molar-refractivity contribution in [3.05, 3.63) is 101 Å². The average molecular weight is 388 g/mol. The number of thioether (sulfide) groups is 1. The summed E-state index contributed by atoms with van der Waals surface area (Å²) in [4.78, 5) is 14.5. The molecular weight excluding hydrogens is 371 g/mol. The molecule has 0 aliphatic carbocycles. The van der Waals surface area contributed by atoms with Crippen LogP contribution >= 0.6 is 11.8 Å². The summed E-state index contributed by atoms with van der Waals surface area (Å²) in [6, 6.07) is 23.2. The van der Waals surface area contributed by atoms with Gasteiger partial charge in [-0.15, -0.1) is 11.8 Å². The highest BCUT2D eigenvalue weighted by Gasteiger charge is 2.16. The van der Waals surface area contributed by atoms with Gasteiger partial charge in [0.2, 0.25) is 0 Å². The van der Waals surface area contributed by atoms with Crippen LogP contribution in [0, 0.1) is 5.82 Å². The quantitative estimate of drug-likeness (QED) is 0.438. The second kappa shape index (κ2) is 7.82. The highest BCUT2D eigenvalue weighted by atomic mass is 32.2. The van der Waals surface area contributed by atoms with Gasteiger partial charge in [0.05, 0.1) is 17.4 Å². The molecule has 0 spiro atoms. The van der Waals surface area contributed by atoms with E-state index in [1.54, 1.807) is 30.1 Å². The first kappa shape index (κ1) is 18.2. The minimum atomic E-state index is -0.341. The van der Waals surface area contributed by atoms with Crippen LogP contribution in [-0.4, -0.2) is 16.0 Å². The zero-order valence-corrected chi connectivity index (χ0v) is 16.0. The minimum Gasteiger partial charge on any atom is -0.267 e. The van der Waals surface area contributed by atoms with Crippen molar-refractivity contribution >= 4 is 11.8 Å². The Morgan fingerprint density at radius 1 is 0.857 bits per heavy atom. The molecule has 0 bridgehead atoms. The normalized spacial score (nSPS) is 10.8. The van der Waals surface area contributed by atoms with Gasteiger partial charge in [-0.25, -0.2) is 4.39 Å². The average Bonchev–Trinajstić information content (AvgIpc) is 2.75. The van der Waals surface area contributed by atoms with E-state index >= 15 is 0 Å². The van der Waals surface area contributed by atoms with Gasteiger partial charge < -0.3 is 0 Å². The molecule has 0 saturated heterocycles. The number of para-hydroxylation sites is 1. The molecule has 0 aliphatic rings. The second-order valence-electron chi connectivity index (χ2n) is 6.22. The van der Waals surface area contributed by atoms with Crippen LogP contribution in [0.4, 0.5) is 4.39 Å². The summed E-state index contributed by atoms with van der Waals surface area (Å²) in [6.07, 6.45) is 3.71. The van der Waals surface area contributed by atoms with Crippen molar-refractivity contribution in [1.82, 2.24) is 9.78 Å². The van der Waals surface area contributed by atoms with E-state index in [9.17, 15) is 9.18 Å². The Morgan fingerprint density at radius 3 is 2.14 bits per heavy atom. The Morgan fingerprint density at radius 2 is 1.50 bits per heavy atom. The SMILES string of the molecule is CSc1ccc(-c2cnn(-c3ccccc3)c(=O)c2-c2ccc(F)cc2)cc1. The molecule has 5 heteroatoms. The maximum Gasteiger partial charge on any atom is 0.279 e. The van der Waals surface area contributed by atoms with Crippen LogP contribution < -0.4 is 5.56 Å². The molecule has 0 fully saturated rings. The number of hydrogen-bond donors (Lipinski definition) is 0. The van der Waals surface area contributed by atoms with Crippen LogP contribution in [0.1, 0.15) is 0 Å². The summed E-state index contributed by atoms with van der Waals surface area (Å²) in [5.41, 5.74) is 3.20. The number of rotatable bonds is 4. The summed E-state index contributed by atoms with van der Waals surface area (Å²) in [5.74, 6) is -0.341. The molecule has 0 amide bonds. The third kappa shape index (κ3) is 3.49. The van der Waals surface area contributed by atoms with Gasteiger partial charge in [-0.2, -0.15) is 9.78 Å². The van der Waals surface area contributed by atoms with E-state index in [4.69, 9.17) is 0 Å². The van der Waals surface area contributed by atoms with Gasteiger partial charge in [0.25, 0.3) is 5.56 Å². The Hall–Kier alpha value is -3.18. The summed E-state index contributed by atoms with van der Waals surface area (Å²) in [7, 11) is 0. The summed E-state index contributed by atoms with van der Waals surface area (Å²) in [5, 5.41) is 4.40. The van der Waals surface area contributed by atoms with Crippen molar-refractivity contribution in [1.29, 1.82) is 0 Å². The number of benzene rings is 3. The van der Waals surface area contributed by atoms with Crippen LogP contribution in [0.5, 0.6) is 0 Å². The Bertz CT molecular complexity index is 1150. The van der Waals surface area contributed by atoms with Crippen LogP contribution in [-0.2, 0) is 0 Å². The van der Waals surface area contributed by atoms with Gasteiger partial charge >= 0.3 is 0 Å². The standard InChI is InChI=1S/C23H17FN2OS/c1-28-20-13-9-16(10-14-20)21-15-25-26(19-5-3-2-4-6-19)23(27)22(21)17-7-11-18(24)12-8-17/h2-15H,1H3. The largest absolute Gasteiger partial charge is 0.279 e. The molecule has 0 unspecified atom stereocenters. The lowest BCUT2D eigenvalue weighted by molar-refractivity contribution is 0.628. The van der Waals surface area contributed by atoms with Gasteiger partial charge in [-0.3, -0.25) is 4.79 Å². The Kier molecular flexibility index (Phi) is 5.08. The van der Waals surface area contributed by atoms with Gasteiger partial charge in [-0.1, -0.05) is 42.5 Å². The number of hydrogen-bond acceptors (Lipinski definition) is 3. The molecule has 0 saturated carbocycles. The summed E-state index contributed by atoms with van der Waals surface area (Å²) < 4.78 is 14.8. The van der Waals surface area contributed by atoms with E-state index in [1.807, 2.05) is 60.9 Å². The predicted octanol–water partition coefficient (Wildman–Crippen LogP) is 5.43. The third-order valence-corrected chi connectivity index (χ3v) is 5.26. The lowest BCUT2D eigenvalue weighted by atomic mass is 9.97. The Balaban J connectivity index is 1.96. The van der Waals surface area contributed by atoms with Crippen molar-refractivity contribution in [3.8, 4) is 27.9 Å². The molecule has 4 aromatic rings. The topological polar surface area (TPSA) is 34.9 Å². The lowest BCUT2D eigenvalue weighted by Gasteiger charge is -2.13. The smallest absolute Gasteiger partial charge is 0.267 e. The molecule has 138 valence electrons. The van der Waals surface area contributed by atoms with E-state index in [0.29, 0.717) is 16.8 Å². The van der Waals surface area contributed by atoms with Crippen molar-refractivity contribution in [2.24, 2.45) is 0 Å². The fraction of sp³-hybridized carbons (Fsp3) is 0.0435. The van der Waals surface area contributed by atoms with E-state index in [1.165, 1.54) is 16.8 Å². The van der Waals surface area contributed by atoms with Crippen molar-refractivity contribution < 1.29 is 4.39 Å². The lowest BCUT2D eigenvalue weighted by Crippen LogP contribution is -2.23. The number of halogens is 1. The predicted molar refractivity (Wildman–Crippen MR) is 112 cm³/mol. The van der Waals surface area contributed by atoms with Gasteiger partial charge in [0.1, 0.15) is 5.82 Å². The summed E-state index contributed by atoms with van der Waals surface area (Å²) in [6.45, 7) is 0. The summed E-state index contributed by atoms with van der Waals surface area (Å²) >= 11 is 1.65. The molecule has 0 radical (unpaired) electrons. The molecule has 4 rings (SSSR count). The fourth-order valence-electron chi connectivity index (χ4n) is 3.09. The maximum atomic E-state index is 13.5. The van der Waals surface area contributed by atoms with E-state index < -0.39 is 0 Å². The zero-order valence-electron chi connectivity index (χ0n) is 15.2. The molecule has 1 heterocycles. The van der Waals surface area contributed by atoms with Gasteiger partial charge in [-0.05, 0) is 53.8 Å². The van der Waals surface area contributed by atoms with Crippen molar-refractivity contribution in [3.63, 3.8) is 0 Å². The Labute approximate surface area is 166 Å². The molecule has 0 aliphatic heterocycles. The van der Waals surface area contributed by atoms with E-state index in [2.05, 4.69) is 5.10 Å². The molecule has 0 N–H and O–H groups in total. The first-order valence-corrected chi connectivity index (χ1v) is 9.98. The van der Waals surface area contributed by atoms with Crippen molar-refractivity contribution in [2.75, 3.05) is 6.26 Å². The van der Waals surface area contributed by atoms with Crippen LogP contribution in [0.25, 0.3) is 27.9 Å². The van der Waals surface area contributed by atoms with Crippen LogP contribution in [0.15, 0.2) is 94.7 Å². The van der Waals surface area contributed by atoms with E-state index in [0.717, 1.165) is 16.0 Å².